The summed E-state index contributed by atoms with van der Waals surface area (Å²) >= 11 is 0. The maximum atomic E-state index is 3.42. The molecule has 1 heteroatoms. The highest BCUT2D eigenvalue weighted by atomic mass is 14.8. The van der Waals surface area contributed by atoms with Gasteiger partial charge >= 0.3 is 0 Å². The van der Waals surface area contributed by atoms with Crippen LogP contribution in [0.25, 0.3) is 16.8 Å². The smallest absolute Gasteiger partial charge is 0.0138 e. The van der Waals surface area contributed by atoms with Gasteiger partial charge in [-0.25, -0.2) is 0 Å². The zero-order valence-corrected chi connectivity index (χ0v) is 11.2. The third-order valence-corrected chi connectivity index (χ3v) is 2.94. The molecule has 2 aromatic rings. The van der Waals surface area contributed by atoms with Crippen LogP contribution in [0.15, 0.2) is 48.5 Å². The Kier molecular flexibility index (Phi) is 4.54. The van der Waals surface area contributed by atoms with Gasteiger partial charge < -0.3 is 5.32 Å². The molecule has 18 heavy (non-hydrogen) atoms. The van der Waals surface area contributed by atoms with Crippen molar-refractivity contribution in [1.29, 1.82) is 0 Å². The van der Waals surface area contributed by atoms with Gasteiger partial charge in [0.15, 0.2) is 0 Å². The predicted octanol–water partition coefficient (Wildman–Crippen LogP) is 4.10. The minimum absolute atomic E-state index is 0.705. The van der Waals surface area contributed by atoms with Crippen molar-refractivity contribution in [3.63, 3.8) is 0 Å². The molecule has 2 rings (SSSR count). The van der Waals surface area contributed by atoms with Gasteiger partial charge in [-0.1, -0.05) is 68.5 Å². The largest absolute Gasteiger partial charge is 0.313 e. The summed E-state index contributed by atoms with van der Waals surface area (Å²) in [4.78, 5) is 0. The van der Waals surface area contributed by atoms with E-state index < -0.39 is 0 Å². The number of fused-ring (bicyclic) bond motifs is 1. The van der Waals surface area contributed by atoms with Gasteiger partial charge in [0, 0.05) is 6.54 Å². The SMILES string of the molecule is CC(C)CNCC=Cc1cccc2ccccc12. The molecule has 0 bridgehead atoms. The van der Waals surface area contributed by atoms with E-state index >= 15 is 0 Å². The first-order chi connectivity index (χ1) is 8.77. The van der Waals surface area contributed by atoms with E-state index in [4.69, 9.17) is 0 Å². The van der Waals surface area contributed by atoms with Crippen molar-refractivity contribution in [1.82, 2.24) is 5.32 Å². The fourth-order valence-corrected chi connectivity index (χ4v) is 2.04. The predicted molar refractivity (Wildman–Crippen MR) is 80.7 cm³/mol. The van der Waals surface area contributed by atoms with Crippen LogP contribution in [-0.2, 0) is 0 Å². The van der Waals surface area contributed by atoms with Crippen molar-refractivity contribution in [2.45, 2.75) is 13.8 Å². The Bertz CT molecular complexity index is 521. The van der Waals surface area contributed by atoms with Crippen molar-refractivity contribution in [3.05, 3.63) is 54.1 Å². The summed E-state index contributed by atoms with van der Waals surface area (Å²) in [5.74, 6) is 0.705. The second-order valence-electron chi connectivity index (χ2n) is 5.02. The Morgan fingerprint density at radius 2 is 1.83 bits per heavy atom. The average molecular weight is 239 g/mol. The van der Waals surface area contributed by atoms with Gasteiger partial charge in [0.2, 0.25) is 0 Å². The molecule has 0 heterocycles. The third kappa shape index (κ3) is 3.44. The maximum Gasteiger partial charge on any atom is 0.0138 e. The summed E-state index contributed by atoms with van der Waals surface area (Å²) in [6.07, 6.45) is 4.40. The van der Waals surface area contributed by atoms with Crippen LogP contribution < -0.4 is 5.32 Å². The van der Waals surface area contributed by atoms with Crippen molar-refractivity contribution in [2.24, 2.45) is 5.92 Å². The topological polar surface area (TPSA) is 12.0 Å². The molecule has 0 amide bonds. The van der Waals surface area contributed by atoms with E-state index in [1.54, 1.807) is 0 Å². The first-order valence-corrected chi connectivity index (χ1v) is 6.62. The van der Waals surface area contributed by atoms with Gasteiger partial charge in [-0.2, -0.15) is 0 Å². The normalized spacial score (nSPS) is 11.7. The molecule has 0 aliphatic carbocycles. The van der Waals surface area contributed by atoms with E-state index in [-0.39, 0.29) is 0 Å². The van der Waals surface area contributed by atoms with Crippen molar-refractivity contribution in [3.8, 4) is 0 Å². The van der Waals surface area contributed by atoms with E-state index in [9.17, 15) is 0 Å². The summed E-state index contributed by atoms with van der Waals surface area (Å²) in [6.45, 7) is 6.45. The van der Waals surface area contributed by atoms with Gasteiger partial charge in [0.1, 0.15) is 0 Å². The minimum Gasteiger partial charge on any atom is -0.313 e. The number of hydrogen-bond donors (Lipinski definition) is 1. The Morgan fingerprint density at radius 3 is 2.67 bits per heavy atom. The van der Waals surface area contributed by atoms with E-state index in [1.807, 2.05) is 0 Å². The number of nitrogens with one attached hydrogen (secondary N) is 1. The molecule has 0 unspecified atom stereocenters. The highest BCUT2D eigenvalue weighted by Crippen LogP contribution is 2.19. The van der Waals surface area contributed by atoms with Crippen LogP contribution in [0.1, 0.15) is 19.4 Å². The second kappa shape index (κ2) is 6.36. The molecule has 0 radical (unpaired) electrons. The van der Waals surface area contributed by atoms with Crippen molar-refractivity contribution >= 4 is 16.8 Å². The molecule has 94 valence electrons. The lowest BCUT2D eigenvalue weighted by molar-refractivity contribution is 0.577. The minimum atomic E-state index is 0.705. The van der Waals surface area contributed by atoms with Crippen LogP contribution in [0.4, 0.5) is 0 Å². The summed E-state index contributed by atoms with van der Waals surface area (Å²) < 4.78 is 0. The summed E-state index contributed by atoms with van der Waals surface area (Å²) in [5, 5.41) is 6.04. The first-order valence-electron chi connectivity index (χ1n) is 6.62. The van der Waals surface area contributed by atoms with Crippen LogP contribution in [0.2, 0.25) is 0 Å². The number of benzene rings is 2. The van der Waals surface area contributed by atoms with Gasteiger partial charge in [-0.05, 0) is 28.8 Å². The summed E-state index contributed by atoms with van der Waals surface area (Å²) in [6, 6.07) is 14.9. The van der Waals surface area contributed by atoms with Crippen LogP contribution >= 0.6 is 0 Å². The molecule has 0 fully saturated rings. The molecule has 0 saturated heterocycles. The lowest BCUT2D eigenvalue weighted by atomic mass is 10.0. The molecule has 0 spiro atoms. The van der Waals surface area contributed by atoms with Gasteiger partial charge in [0.05, 0.1) is 0 Å². The molecule has 0 atom stereocenters. The maximum absolute atomic E-state index is 3.42. The van der Waals surface area contributed by atoms with Crippen LogP contribution in [-0.4, -0.2) is 13.1 Å². The quantitative estimate of drug-likeness (QED) is 0.775. The van der Waals surface area contributed by atoms with Gasteiger partial charge in [-0.15, -0.1) is 0 Å². The lowest BCUT2D eigenvalue weighted by Crippen LogP contribution is -2.19. The fourth-order valence-electron chi connectivity index (χ4n) is 2.04. The summed E-state index contributed by atoms with van der Waals surface area (Å²) in [5.41, 5.74) is 1.29. The molecule has 0 aliphatic rings. The molecule has 1 N–H and O–H groups in total. The monoisotopic (exact) mass is 239 g/mol. The highest BCUT2D eigenvalue weighted by Gasteiger charge is 1.95. The zero-order valence-electron chi connectivity index (χ0n) is 11.2. The van der Waals surface area contributed by atoms with Crippen LogP contribution in [0, 0.1) is 5.92 Å². The van der Waals surface area contributed by atoms with E-state index in [2.05, 4.69) is 73.8 Å². The van der Waals surface area contributed by atoms with E-state index in [1.165, 1.54) is 16.3 Å². The van der Waals surface area contributed by atoms with Gasteiger partial charge in [-0.3, -0.25) is 0 Å². The molecular weight excluding hydrogens is 218 g/mol. The molecule has 2 aromatic carbocycles. The Hall–Kier alpha value is -1.60. The molecule has 0 aliphatic heterocycles. The fraction of sp³-hybridized carbons (Fsp3) is 0.294. The van der Waals surface area contributed by atoms with Crippen molar-refractivity contribution < 1.29 is 0 Å². The number of rotatable bonds is 5. The Balaban J connectivity index is 2.05. The first kappa shape index (κ1) is 12.8. The van der Waals surface area contributed by atoms with E-state index in [0.29, 0.717) is 5.92 Å². The zero-order chi connectivity index (χ0) is 12.8. The number of hydrogen-bond acceptors (Lipinski definition) is 1. The second-order valence-corrected chi connectivity index (χ2v) is 5.02. The van der Waals surface area contributed by atoms with E-state index in [0.717, 1.165) is 13.1 Å². The van der Waals surface area contributed by atoms with Gasteiger partial charge in [0.25, 0.3) is 0 Å². The molecule has 0 aromatic heterocycles. The van der Waals surface area contributed by atoms with Crippen molar-refractivity contribution in [2.75, 3.05) is 13.1 Å². The molecule has 1 nitrogen and oxygen atoms in total. The average Bonchev–Trinajstić information content (AvgIpc) is 2.38. The highest BCUT2D eigenvalue weighted by molar-refractivity contribution is 5.90. The third-order valence-electron chi connectivity index (χ3n) is 2.94. The van der Waals surface area contributed by atoms with Crippen LogP contribution in [0.3, 0.4) is 0 Å². The molecular formula is C17H21N. The molecule has 0 saturated carbocycles. The standard InChI is InChI=1S/C17H21N/c1-14(2)13-18-12-6-10-16-9-5-8-15-7-3-4-11-17(15)16/h3-11,14,18H,12-13H2,1-2H3. The van der Waals surface area contributed by atoms with Crippen LogP contribution in [0.5, 0.6) is 0 Å². The summed E-state index contributed by atoms with van der Waals surface area (Å²) in [7, 11) is 0. The Morgan fingerprint density at radius 1 is 1.06 bits per heavy atom. The lowest BCUT2D eigenvalue weighted by Gasteiger charge is -2.04. The Labute approximate surface area is 110 Å².